The molecule has 0 saturated carbocycles. The van der Waals surface area contributed by atoms with E-state index in [2.05, 4.69) is 34.6 Å². The van der Waals surface area contributed by atoms with Crippen molar-refractivity contribution in [3.8, 4) is 0 Å². The Morgan fingerprint density at radius 2 is 1.67 bits per heavy atom. The highest BCUT2D eigenvalue weighted by molar-refractivity contribution is 4.77. The van der Waals surface area contributed by atoms with Gasteiger partial charge in [0.2, 0.25) is 0 Å². The van der Waals surface area contributed by atoms with Gasteiger partial charge >= 0.3 is 0 Å². The summed E-state index contributed by atoms with van der Waals surface area (Å²) in [5, 5.41) is 0. The summed E-state index contributed by atoms with van der Waals surface area (Å²) in [6.45, 7) is 11.6. The minimum atomic E-state index is 0.414. The van der Waals surface area contributed by atoms with Crippen molar-refractivity contribution in [2.75, 3.05) is 7.11 Å². The smallest absolute Gasteiger partial charge is 0.0543 e. The van der Waals surface area contributed by atoms with Crippen LogP contribution in [-0.2, 0) is 4.74 Å². The summed E-state index contributed by atoms with van der Waals surface area (Å²) in [6, 6.07) is 0. The average Bonchev–Trinajstić information content (AvgIpc) is 2.23. The zero-order valence-electron chi connectivity index (χ0n) is 11.6. The highest BCUT2D eigenvalue weighted by Crippen LogP contribution is 2.37. The second-order valence-electron chi connectivity index (χ2n) is 5.45. The van der Waals surface area contributed by atoms with Crippen LogP contribution in [0.3, 0.4) is 0 Å². The van der Waals surface area contributed by atoms with Gasteiger partial charge in [-0.2, -0.15) is 0 Å². The number of ether oxygens (including phenoxy) is 1. The molecule has 0 N–H and O–H groups in total. The average molecular weight is 214 g/mol. The van der Waals surface area contributed by atoms with Crippen LogP contribution in [0.25, 0.3) is 0 Å². The molecule has 15 heavy (non-hydrogen) atoms. The highest BCUT2D eigenvalue weighted by atomic mass is 16.5. The molecule has 0 aliphatic rings. The Morgan fingerprint density at radius 1 is 1.07 bits per heavy atom. The fraction of sp³-hybridized carbons (Fsp3) is 1.00. The van der Waals surface area contributed by atoms with Gasteiger partial charge in [-0.25, -0.2) is 0 Å². The summed E-state index contributed by atoms with van der Waals surface area (Å²) >= 11 is 0. The molecule has 0 aliphatic carbocycles. The lowest BCUT2D eigenvalue weighted by molar-refractivity contribution is 0.0881. The van der Waals surface area contributed by atoms with Crippen LogP contribution in [-0.4, -0.2) is 13.2 Å². The molecule has 0 heterocycles. The van der Waals surface area contributed by atoms with Crippen LogP contribution in [0.5, 0.6) is 0 Å². The first-order valence-electron chi connectivity index (χ1n) is 6.50. The van der Waals surface area contributed by atoms with Gasteiger partial charge in [-0.05, 0) is 31.1 Å². The summed E-state index contributed by atoms with van der Waals surface area (Å²) < 4.78 is 5.33. The summed E-state index contributed by atoms with van der Waals surface area (Å²) in [6.07, 6.45) is 6.86. The molecular weight excluding hydrogens is 184 g/mol. The SMILES string of the molecule is CCCC(CCC(C)OC)C(C)(C)CC. The van der Waals surface area contributed by atoms with Crippen molar-refractivity contribution in [1.29, 1.82) is 0 Å². The van der Waals surface area contributed by atoms with E-state index in [4.69, 9.17) is 4.74 Å². The van der Waals surface area contributed by atoms with E-state index < -0.39 is 0 Å². The summed E-state index contributed by atoms with van der Waals surface area (Å²) in [5.41, 5.74) is 0.490. The largest absolute Gasteiger partial charge is 0.382 e. The zero-order valence-corrected chi connectivity index (χ0v) is 11.6. The van der Waals surface area contributed by atoms with Crippen molar-refractivity contribution in [2.45, 2.75) is 72.8 Å². The van der Waals surface area contributed by atoms with Crippen LogP contribution in [0.1, 0.15) is 66.7 Å². The minimum absolute atomic E-state index is 0.414. The topological polar surface area (TPSA) is 9.23 Å². The van der Waals surface area contributed by atoms with Crippen LogP contribution in [0.2, 0.25) is 0 Å². The highest BCUT2D eigenvalue weighted by Gasteiger charge is 2.26. The van der Waals surface area contributed by atoms with Gasteiger partial charge in [0.1, 0.15) is 0 Å². The third-order valence-corrected chi connectivity index (χ3v) is 3.98. The first-order valence-corrected chi connectivity index (χ1v) is 6.50. The number of rotatable bonds is 8. The maximum absolute atomic E-state index is 5.33. The normalized spacial score (nSPS) is 16.4. The first-order chi connectivity index (χ1) is 6.97. The van der Waals surface area contributed by atoms with Crippen LogP contribution in [0, 0.1) is 11.3 Å². The molecule has 0 spiro atoms. The van der Waals surface area contributed by atoms with Gasteiger partial charge in [-0.3, -0.25) is 0 Å². The monoisotopic (exact) mass is 214 g/mol. The van der Waals surface area contributed by atoms with Gasteiger partial charge in [-0.1, -0.05) is 47.0 Å². The second kappa shape index (κ2) is 7.27. The van der Waals surface area contributed by atoms with Crippen molar-refractivity contribution >= 4 is 0 Å². The molecule has 0 saturated heterocycles. The Labute approximate surface area is 96.6 Å². The van der Waals surface area contributed by atoms with Gasteiger partial charge in [0, 0.05) is 7.11 Å². The fourth-order valence-electron chi connectivity index (χ4n) is 2.12. The summed E-state index contributed by atoms with van der Waals surface area (Å²) in [4.78, 5) is 0. The second-order valence-corrected chi connectivity index (χ2v) is 5.45. The summed E-state index contributed by atoms with van der Waals surface area (Å²) in [7, 11) is 1.81. The van der Waals surface area contributed by atoms with E-state index in [-0.39, 0.29) is 0 Å². The van der Waals surface area contributed by atoms with E-state index in [0.29, 0.717) is 11.5 Å². The molecule has 0 rings (SSSR count). The maximum atomic E-state index is 5.33. The lowest BCUT2D eigenvalue weighted by Gasteiger charge is -2.34. The molecule has 0 radical (unpaired) electrons. The van der Waals surface area contributed by atoms with Crippen molar-refractivity contribution < 1.29 is 4.74 Å². The van der Waals surface area contributed by atoms with Crippen molar-refractivity contribution in [1.82, 2.24) is 0 Å². The van der Waals surface area contributed by atoms with E-state index in [9.17, 15) is 0 Å². The Bertz CT molecular complexity index is 151. The zero-order chi connectivity index (χ0) is 11.9. The molecule has 1 heteroatoms. The maximum Gasteiger partial charge on any atom is 0.0543 e. The third-order valence-electron chi connectivity index (χ3n) is 3.98. The molecule has 0 aromatic carbocycles. The molecular formula is C14H30O. The standard InChI is InChI=1S/C14H30O/c1-7-9-13(14(4,5)8-2)11-10-12(3)15-6/h12-13H,7-11H2,1-6H3. The van der Waals surface area contributed by atoms with Crippen LogP contribution >= 0.6 is 0 Å². The Balaban J connectivity index is 4.15. The number of hydrogen-bond donors (Lipinski definition) is 0. The predicted octanol–water partition coefficient (Wildman–Crippen LogP) is 4.65. The molecule has 2 atom stereocenters. The molecule has 0 aromatic heterocycles. The van der Waals surface area contributed by atoms with Crippen molar-refractivity contribution in [3.63, 3.8) is 0 Å². The van der Waals surface area contributed by atoms with E-state index in [1.807, 2.05) is 7.11 Å². The lowest BCUT2D eigenvalue weighted by Crippen LogP contribution is -2.24. The van der Waals surface area contributed by atoms with Gasteiger partial charge in [0.05, 0.1) is 6.10 Å². The van der Waals surface area contributed by atoms with E-state index in [1.54, 1.807) is 0 Å². The molecule has 2 unspecified atom stereocenters. The molecule has 0 fully saturated rings. The first kappa shape index (κ1) is 15.0. The Hall–Kier alpha value is -0.0400. The van der Waals surface area contributed by atoms with E-state index in [1.165, 1.54) is 32.1 Å². The lowest BCUT2D eigenvalue weighted by atomic mass is 9.72. The number of hydrogen-bond acceptors (Lipinski definition) is 1. The Kier molecular flexibility index (Phi) is 7.25. The molecule has 0 amide bonds. The van der Waals surface area contributed by atoms with Gasteiger partial charge in [0.25, 0.3) is 0 Å². The molecule has 0 bridgehead atoms. The van der Waals surface area contributed by atoms with Gasteiger partial charge in [0.15, 0.2) is 0 Å². The van der Waals surface area contributed by atoms with Crippen molar-refractivity contribution in [3.05, 3.63) is 0 Å². The minimum Gasteiger partial charge on any atom is -0.382 e. The molecule has 0 aliphatic heterocycles. The van der Waals surface area contributed by atoms with Crippen LogP contribution in [0.15, 0.2) is 0 Å². The Morgan fingerprint density at radius 3 is 2.07 bits per heavy atom. The van der Waals surface area contributed by atoms with Crippen LogP contribution in [0.4, 0.5) is 0 Å². The van der Waals surface area contributed by atoms with Gasteiger partial charge < -0.3 is 4.74 Å². The molecule has 0 aromatic rings. The van der Waals surface area contributed by atoms with E-state index >= 15 is 0 Å². The third kappa shape index (κ3) is 5.55. The number of methoxy groups -OCH3 is 1. The quantitative estimate of drug-likeness (QED) is 0.571. The van der Waals surface area contributed by atoms with Crippen molar-refractivity contribution in [2.24, 2.45) is 11.3 Å². The van der Waals surface area contributed by atoms with E-state index in [0.717, 1.165) is 5.92 Å². The summed E-state index contributed by atoms with van der Waals surface area (Å²) in [5.74, 6) is 0.852. The van der Waals surface area contributed by atoms with Gasteiger partial charge in [-0.15, -0.1) is 0 Å². The fourth-order valence-corrected chi connectivity index (χ4v) is 2.12. The van der Waals surface area contributed by atoms with Crippen LogP contribution < -0.4 is 0 Å². The predicted molar refractivity (Wildman–Crippen MR) is 68.2 cm³/mol. The molecule has 92 valence electrons. The molecule has 1 nitrogen and oxygen atoms in total.